The maximum atomic E-state index is 6.07. The van der Waals surface area contributed by atoms with Gasteiger partial charge in [0.2, 0.25) is 0 Å². The van der Waals surface area contributed by atoms with E-state index in [-0.39, 0.29) is 29.0 Å². The molecule has 4 nitrogen and oxygen atoms in total. The Kier molecular flexibility index (Phi) is 8.43. The molecule has 49 heavy (non-hydrogen) atoms. The van der Waals surface area contributed by atoms with E-state index in [1.54, 1.807) is 11.1 Å². The quantitative estimate of drug-likeness (QED) is 0.196. The van der Waals surface area contributed by atoms with Gasteiger partial charge in [-0.3, -0.25) is 0 Å². The number of rotatable bonds is 6. The monoisotopic (exact) mass is 656 g/mol. The van der Waals surface area contributed by atoms with Crippen LogP contribution in [0.1, 0.15) is 138 Å². The van der Waals surface area contributed by atoms with Crippen molar-refractivity contribution >= 4 is 17.2 Å². The van der Waals surface area contributed by atoms with E-state index in [0.29, 0.717) is 11.8 Å². The molecule has 1 aliphatic heterocycles. The van der Waals surface area contributed by atoms with Crippen molar-refractivity contribution in [1.82, 2.24) is 4.90 Å². The minimum atomic E-state index is 0.155. The van der Waals surface area contributed by atoms with Gasteiger partial charge in [0, 0.05) is 48.8 Å². The Hall–Kier alpha value is -3.21. The predicted molar refractivity (Wildman–Crippen MR) is 203 cm³/mol. The fourth-order valence-corrected chi connectivity index (χ4v) is 11.1. The van der Waals surface area contributed by atoms with Crippen molar-refractivity contribution in [3.63, 3.8) is 0 Å². The summed E-state index contributed by atoms with van der Waals surface area (Å²) in [5.41, 5.74) is 14.8. The van der Waals surface area contributed by atoms with E-state index in [0.717, 1.165) is 31.5 Å². The highest BCUT2D eigenvalue weighted by atomic mass is 16.5. The molecule has 0 radical (unpaired) electrons. The number of hydrogen-bond donors (Lipinski definition) is 0. The Morgan fingerprint density at radius 3 is 2.04 bits per heavy atom. The Bertz CT molecular complexity index is 1770. The third-order valence-corrected chi connectivity index (χ3v) is 13.5. The first kappa shape index (κ1) is 33.0. The summed E-state index contributed by atoms with van der Waals surface area (Å²) in [6.07, 6.45) is 13.4. The molecule has 0 N–H and O–H groups in total. The highest BCUT2D eigenvalue weighted by molar-refractivity contribution is 5.98. The van der Waals surface area contributed by atoms with Gasteiger partial charge < -0.3 is 14.4 Å². The molecule has 2 atom stereocenters. The number of aliphatic imine (C=N–C) groups is 1. The molecule has 0 amide bonds. The van der Waals surface area contributed by atoms with Gasteiger partial charge in [0.25, 0.3) is 0 Å². The highest BCUT2D eigenvalue weighted by Gasteiger charge is 2.63. The summed E-state index contributed by atoms with van der Waals surface area (Å²) in [7, 11) is 3.72. The summed E-state index contributed by atoms with van der Waals surface area (Å²) < 4.78 is 12.1. The molecule has 0 spiro atoms. The molecule has 1 heterocycles. The zero-order valence-electron chi connectivity index (χ0n) is 30.9. The van der Waals surface area contributed by atoms with Gasteiger partial charge in [-0.2, -0.15) is 0 Å². The molecule has 2 unspecified atom stereocenters. The van der Waals surface area contributed by atoms with Crippen molar-refractivity contribution in [2.24, 2.45) is 10.9 Å². The minimum absolute atomic E-state index is 0.155. The third kappa shape index (κ3) is 5.02. The Morgan fingerprint density at radius 2 is 1.43 bits per heavy atom. The van der Waals surface area contributed by atoms with Crippen LogP contribution in [0, 0.1) is 5.92 Å². The second kappa shape index (κ2) is 12.5. The Labute approximate surface area is 295 Å². The minimum Gasteiger partial charge on any atom is -0.381 e. The highest BCUT2D eigenvalue weighted by Crippen LogP contribution is 2.70. The lowest BCUT2D eigenvalue weighted by Crippen LogP contribution is -2.44. The SMILES string of the molecule is C/C=C1/c2c(ccc3c2C24CCCC2(CCC4)c2ccccc2-3)CN1C(=Nc1cc(C(C)C)cc(C(C)C)c1)C1CC(OC)CC(OC)C1. The van der Waals surface area contributed by atoms with Crippen LogP contribution in [0.4, 0.5) is 5.69 Å². The van der Waals surface area contributed by atoms with Crippen LogP contribution in [-0.4, -0.2) is 37.2 Å². The molecular weight excluding hydrogens is 601 g/mol. The average molecular weight is 657 g/mol. The van der Waals surface area contributed by atoms with E-state index in [4.69, 9.17) is 14.5 Å². The first-order valence-electron chi connectivity index (χ1n) is 19.2. The van der Waals surface area contributed by atoms with Crippen LogP contribution in [0.3, 0.4) is 0 Å². The number of nitrogens with zero attached hydrogens (tertiary/aromatic N) is 2. The van der Waals surface area contributed by atoms with Crippen LogP contribution in [0.2, 0.25) is 0 Å². The molecule has 0 bridgehead atoms. The van der Waals surface area contributed by atoms with Crippen LogP contribution in [-0.2, 0) is 26.8 Å². The molecule has 0 saturated heterocycles. The van der Waals surface area contributed by atoms with Gasteiger partial charge in [-0.15, -0.1) is 0 Å². The van der Waals surface area contributed by atoms with Crippen molar-refractivity contribution in [3.05, 3.63) is 94.1 Å². The number of allylic oxidation sites excluding steroid dienone is 1. The molecule has 5 aliphatic rings. The largest absolute Gasteiger partial charge is 0.381 e. The van der Waals surface area contributed by atoms with E-state index in [1.165, 1.54) is 83.4 Å². The van der Waals surface area contributed by atoms with Crippen LogP contribution < -0.4 is 0 Å². The van der Waals surface area contributed by atoms with E-state index >= 15 is 0 Å². The van der Waals surface area contributed by atoms with Crippen molar-refractivity contribution in [1.29, 1.82) is 0 Å². The van der Waals surface area contributed by atoms with Crippen LogP contribution in [0.25, 0.3) is 16.8 Å². The van der Waals surface area contributed by atoms with Gasteiger partial charge in [0.1, 0.15) is 5.84 Å². The van der Waals surface area contributed by atoms with E-state index in [1.807, 2.05) is 14.2 Å². The summed E-state index contributed by atoms with van der Waals surface area (Å²) in [6.45, 7) is 12.3. The maximum Gasteiger partial charge on any atom is 0.113 e. The Balaban J connectivity index is 1.32. The van der Waals surface area contributed by atoms with E-state index < -0.39 is 0 Å². The van der Waals surface area contributed by atoms with Crippen LogP contribution in [0.5, 0.6) is 0 Å². The number of fused-ring (bicyclic) bond motifs is 5. The van der Waals surface area contributed by atoms with Gasteiger partial charge in [0.15, 0.2) is 0 Å². The topological polar surface area (TPSA) is 34.1 Å². The lowest BCUT2D eigenvalue weighted by atomic mass is 9.54. The van der Waals surface area contributed by atoms with Gasteiger partial charge in [0.05, 0.1) is 17.9 Å². The maximum absolute atomic E-state index is 6.07. The van der Waals surface area contributed by atoms with Crippen molar-refractivity contribution in [3.8, 4) is 11.1 Å². The first-order chi connectivity index (χ1) is 23.7. The average Bonchev–Trinajstić information content (AvgIpc) is 3.80. The van der Waals surface area contributed by atoms with Crippen LogP contribution >= 0.6 is 0 Å². The summed E-state index contributed by atoms with van der Waals surface area (Å²) in [5.74, 6) is 2.28. The summed E-state index contributed by atoms with van der Waals surface area (Å²) >= 11 is 0. The third-order valence-electron chi connectivity index (χ3n) is 13.5. The lowest BCUT2D eigenvalue weighted by molar-refractivity contribution is -0.0201. The molecular formula is C45H56N2O2. The number of methoxy groups -OCH3 is 2. The lowest BCUT2D eigenvalue weighted by Gasteiger charge is -2.48. The second-order valence-corrected chi connectivity index (χ2v) is 16.5. The van der Waals surface area contributed by atoms with E-state index in [2.05, 4.69) is 100 Å². The normalized spacial score (nSPS) is 29.7. The van der Waals surface area contributed by atoms with E-state index in [9.17, 15) is 0 Å². The molecule has 4 aliphatic carbocycles. The summed E-state index contributed by atoms with van der Waals surface area (Å²) in [6, 6.07) is 21.4. The summed E-state index contributed by atoms with van der Waals surface area (Å²) in [5, 5.41) is 0. The number of hydrogen-bond acceptors (Lipinski definition) is 3. The predicted octanol–water partition coefficient (Wildman–Crippen LogP) is 11.2. The zero-order chi connectivity index (χ0) is 34.1. The standard InChI is InChI=1S/C45H56N2O2/c1-8-40-41-30(15-16-38-37-13-9-10-14-39(37)44-17-11-19-45(44,42(38)41)20-12-18-44)27-47(40)43(33-24-35(48-6)26-36(25-33)49-7)46-34-22-31(28(2)3)21-32(23-34)29(4)5/h8-10,13-16,21-23,28-29,33,35-36H,11-12,17-20,24-27H2,1-7H3/b40-8-,46-43?. The molecule has 3 aromatic rings. The van der Waals surface area contributed by atoms with Gasteiger partial charge >= 0.3 is 0 Å². The fraction of sp³-hybridized carbons (Fsp3) is 0.533. The number of ether oxygens (including phenoxy) is 2. The van der Waals surface area contributed by atoms with Gasteiger partial charge in [-0.1, -0.05) is 89.1 Å². The number of benzene rings is 3. The smallest absolute Gasteiger partial charge is 0.113 e. The number of amidine groups is 1. The Morgan fingerprint density at radius 1 is 0.796 bits per heavy atom. The van der Waals surface area contributed by atoms with Gasteiger partial charge in [-0.25, -0.2) is 4.99 Å². The molecule has 3 saturated carbocycles. The molecule has 3 fully saturated rings. The van der Waals surface area contributed by atoms with Gasteiger partial charge in [-0.05, 0) is 115 Å². The second-order valence-electron chi connectivity index (χ2n) is 16.5. The molecule has 0 aromatic heterocycles. The fourth-order valence-electron chi connectivity index (χ4n) is 11.1. The first-order valence-corrected chi connectivity index (χ1v) is 19.2. The van der Waals surface area contributed by atoms with Crippen molar-refractivity contribution in [2.75, 3.05) is 14.2 Å². The molecule has 8 rings (SSSR count). The van der Waals surface area contributed by atoms with Crippen molar-refractivity contribution in [2.45, 2.75) is 134 Å². The molecule has 3 aromatic carbocycles. The van der Waals surface area contributed by atoms with Crippen molar-refractivity contribution < 1.29 is 9.47 Å². The summed E-state index contributed by atoms with van der Waals surface area (Å²) in [4.78, 5) is 8.35. The molecule has 258 valence electrons. The van der Waals surface area contributed by atoms with Crippen LogP contribution in [0.15, 0.2) is 65.7 Å². The molecule has 4 heteroatoms. The zero-order valence-corrected chi connectivity index (χ0v) is 30.9.